The Morgan fingerprint density at radius 2 is 1.62 bits per heavy atom. The van der Waals surface area contributed by atoms with Crippen molar-refractivity contribution in [3.8, 4) is 0 Å². The molecule has 44 valence electrons. The number of hydrogen-bond acceptors (Lipinski definition) is 1. The molecule has 0 nitrogen and oxygen atoms in total. The van der Waals surface area contributed by atoms with Gasteiger partial charge in [0.1, 0.15) is 0 Å². The first-order valence-corrected chi connectivity index (χ1v) is 3.86. The molecule has 0 saturated heterocycles. The van der Waals surface area contributed by atoms with Gasteiger partial charge in [0.05, 0.1) is 0 Å². The summed E-state index contributed by atoms with van der Waals surface area (Å²) >= 11 is 6.19. The first-order chi connectivity index (χ1) is 3.79. The van der Waals surface area contributed by atoms with Crippen LogP contribution in [-0.4, -0.2) is 0 Å². The summed E-state index contributed by atoms with van der Waals surface area (Å²) in [6.07, 6.45) is 0. The van der Waals surface area contributed by atoms with Crippen molar-refractivity contribution in [2.24, 2.45) is 0 Å². The normalized spacial score (nSPS) is 9.38. The van der Waals surface area contributed by atoms with E-state index in [-0.39, 0.29) is 0 Å². The van der Waals surface area contributed by atoms with Gasteiger partial charge in [-0.15, -0.1) is 0 Å². The third-order valence-corrected chi connectivity index (χ3v) is 1.91. The summed E-state index contributed by atoms with van der Waals surface area (Å²) < 4.78 is 1.28. The Morgan fingerprint density at radius 3 is 2.00 bits per heavy atom. The maximum absolute atomic E-state index is 4.13. The number of thiol groups is 1. The van der Waals surface area contributed by atoms with Gasteiger partial charge in [-0.2, -0.15) is 0 Å². The van der Waals surface area contributed by atoms with E-state index in [0.717, 1.165) is 4.90 Å². The zero-order chi connectivity index (χ0) is 5.98. The third-order valence-electron chi connectivity index (χ3n) is 0.812. The molecule has 8 heavy (non-hydrogen) atoms. The second-order valence-corrected chi connectivity index (χ2v) is 3.35. The second-order valence-electron chi connectivity index (χ2n) is 1.45. The molecule has 1 rings (SSSR count). The predicted molar refractivity (Wildman–Crippen MR) is 33.3 cm³/mol. The van der Waals surface area contributed by atoms with Crippen molar-refractivity contribution in [1.29, 1.82) is 0 Å². The van der Waals surface area contributed by atoms with E-state index in [1.807, 2.05) is 24.3 Å². The van der Waals surface area contributed by atoms with Crippen molar-refractivity contribution >= 4 is 16.7 Å². The van der Waals surface area contributed by atoms with Crippen molar-refractivity contribution < 1.29 is 18.9 Å². The quantitative estimate of drug-likeness (QED) is 0.683. The van der Waals surface area contributed by atoms with Gasteiger partial charge in [0.15, 0.2) is 0 Å². The fraction of sp³-hybridized carbons (Fsp3) is 0. The average molecular weight is 301 g/mol. The van der Waals surface area contributed by atoms with Gasteiger partial charge in [-0.05, 0) is 0 Å². The third kappa shape index (κ3) is 1.62. The number of rotatable bonds is 0. The fourth-order valence-electron chi connectivity index (χ4n) is 0.434. The van der Waals surface area contributed by atoms with Crippen molar-refractivity contribution in [2.45, 2.75) is 4.90 Å². The topological polar surface area (TPSA) is 0 Å². The van der Waals surface area contributed by atoms with Crippen LogP contribution in [0.3, 0.4) is 0 Å². The zero-order valence-electron chi connectivity index (χ0n) is 4.09. The van der Waals surface area contributed by atoms with Crippen LogP contribution in [0.4, 0.5) is 0 Å². The van der Waals surface area contributed by atoms with Crippen LogP contribution in [0.1, 0.15) is 0 Å². The Bertz CT molecular complexity index is 147. The van der Waals surface area contributed by atoms with Gasteiger partial charge < -0.3 is 0 Å². The summed E-state index contributed by atoms with van der Waals surface area (Å²) in [4.78, 5) is 1.02. The van der Waals surface area contributed by atoms with Gasteiger partial charge in [-0.3, -0.25) is 0 Å². The Hall–Kier alpha value is 0.219. The number of benzene rings is 1. The summed E-state index contributed by atoms with van der Waals surface area (Å²) in [5.74, 6) is 0. The van der Waals surface area contributed by atoms with E-state index in [9.17, 15) is 0 Å². The second kappa shape index (κ2) is 2.67. The minimum absolute atomic E-state index is 1.02. The number of hydrogen-bond donors (Lipinski definition) is 1. The standard InChI is InChI=1S/C6H5S.Ir/c7-6-4-2-1-3-5-6;/h2-5,7H;. The predicted octanol–water partition coefficient (Wildman–Crippen LogP) is 1.15. The Balaban J connectivity index is 3.03. The van der Waals surface area contributed by atoms with Crippen molar-refractivity contribution in [2.75, 3.05) is 0 Å². The zero-order valence-corrected chi connectivity index (χ0v) is 7.38. The molecule has 1 aromatic carbocycles. The first-order valence-electron chi connectivity index (χ1n) is 2.21. The maximum atomic E-state index is 4.13. The van der Waals surface area contributed by atoms with E-state index in [0.29, 0.717) is 0 Å². The molecular formula is C6H5IrS. The monoisotopic (exact) mass is 302 g/mol. The minimum atomic E-state index is 1.02. The molecule has 0 spiro atoms. The Morgan fingerprint density at radius 1 is 1.12 bits per heavy atom. The Labute approximate surface area is 64.9 Å². The van der Waals surface area contributed by atoms with E-state index in [4.69, 9.17) is 0 Å². The summed E-state index contributed by atoms with van der Waals surface area (Å²) in [7, 11) is 0. The molecule has 0 N–H and O–H groups in total. The molecule has 0 aromatic heterocycles. The summed E-state index contributed by atoms with van der Waals surface area (Å²) in [5.41, 5.74) is 0. The van der Waals surface area contributed by atoms with E-state index in [1.165, 1.54) is 4.08 Å². The molecule has 0 saturated carbocycles. The van der Waals surface area contributed by atoms with Crippen LogP contribution in [0.15, 0.2) is 29.2 Å². The molecule has 2 heteroatoms. The van der Waals surface area contributed by atoms with Gasteiger partial charge >= 0.3 is 64.8 Å². The SMILES string of the molecule is Sc1cc[c]([Ir])cc1. The van der Waals surface area contributed by atoms with E-state index in [1.54, 1.807) is 0 Å². The molecule has 0 bridgehead atoms. The molecule has 0 amide bonds. The van der Waals surface area contributed by atoms with E-state index in [2.05, 4.69) is 31.5 Å². The molecule has 0 aliphatic carbocycles. The molecule has 1 aromatic rings. The van der Waals surface area contributed by atoms with Crippen molar-refractivity contribution in [1.82, 2.24) is 0 Å². The van der Waals surface area contributed by atoms with Crippen molar-refractivity contribution in [3.05, 3.63) is 24.3 Å². The van der Waals surface area contributed by atoms with Gasteiger partial charge in [0.25, 0.3) is 0 Å². The molecule has 0 radical (unpaired) electrons. The van der Waals surface area contributed by atoms with Gasteiger partial charge in [0.2, 0.25) is 0 Å². The van der Waals surface area contributed by atoms with Crippen LogP contribution < -0.4 is 4.08 Å². The molecule has 0 atom stereocenters. The first kappa shape index (κ1) is 6.34. The van der Waals surface area contributed by atoms with Crippen LogP contribution in [-0.2, 0) is 18.9 Å². The molecule has 0 aliphatic rings. The average Bonchev–Trinajstić information content (AvgIpc) is 1.77. The Kier molecular flexibility index (Phi) is 2.12. The van der Waals surface area contributed by atoms with Crippen LogP contribution >= 0.6 is 12.6 Å². The molecule has 0 unspecified atom stereocenters. The fourth-order valence-corrected chi connectivity index (χ4v) is 0.982. The van der Waals surface area contributed by atoms with Crippen LogP contribution in [0.2, 0.25) is 0 Å². The molecule has 0 heterocycles. The van der Waals surface area contributed by atoms with Gasteiger partial charge in [-0.25, -0.2) is 0 Å². The van der Waals surface area contributed by atoms with Crippen LogP contribution in [0, 0.1) is 0 Å². The summed E-state index contributed by atoms with van der Waals surface area (Å²) in [6.45, 7) is 0. The molecule has 0 aliphatic heterocycles. The molecule has 0 fully saturated rings. The van der Waals surface area contributed by atoms with E-state index < -0.39 is 0 Å². The van der Waals surface area contributed by atoms with Crippen molar-refractivity contribution in [3.63, 3.8) is 0 Å². The van der Waals surface area contributed by atoms with Crippen LogP contribution in [0.5, 0.6) is 0 Å². The molecular weight excluding hydrogens is 296 g/mol. The van der Waals surface area contributed by atoms with E-state index >= 15 is 0 Å². The van der Waals surface area contributed by atoms with Gasteiger partial charge in [0, 0.05) is 0 Å². The van der Waals surface area contributed by atoms with Crippen LogP contribution in [0.25, 0.3) is 0 Å². The summed E-state index contributed by atoms with van der Waals surface area (Å²) in [6, 6.07) is 8.06. The summed E-state index contributed by atoms with van der Waals surface area (Å²) in [5, 5.41) is 0. The van der Waals surface area contributed by atoms with Gasteiger partial charge in [-0.1, -0.05) is 0 Å².